The van der Waals surface area contributed by atoms with E-state index in [1.165, 1.54) is 4.31 Å². The number of sulfonamides is 1. The zero-order valence-corrected chi connectivity index (χ0v) is 12.9. The van der Waals surface area contributed by atoms with E-state index in [0.717, 1.165) is 5.56 Å². The molecule has 112 valence electrons. The van der Waals surface area contributed by atoms with Crippen molar-refractivity contribution in [3.63, 3.8) is 0 Å². The number of hydrogen-bond donors (Lipinski definition) is 1. The lowest BCUT2D eigenvalue weighted by atomic mass is 10.2. The summed E-state index contributed by atoms with van der Waals surface area (Å²) in [6.45, 7) is 0.730. The van der Waals surface area contributed by atoms with Crippen LogP contribution in [0.5, 0.6) is 0 Å². The molecule has 20 heavy (non-hydrogen) atoms. The molecule has 0 radical (unpaired) electrons. The van der Waals surface area contributed by atoms with Crippen molar-refractivity contribution >= 4 is 19.9 Å². The highest BCUT2D eigenvalue weighted by atomic mass is 32.2. The molecule has 1 saturated heterocycles. The lowest BCUT2D eigenvalue weighted by Gasteiger charge is -2.26. The normalized spacial score (nSPS) is 19.9. The molecular formula is C12H18N2O4S2. The van der Waals surface area contributed by atoms with E-state index in [2.05, 4.69) is 5.32 Å². The van der Waals surface area contributed by atoms with Crippen LogP contribution < -0.4 is 5.32 Å². The van der Waals surface area contributed by atoms with Gasteiger partial charge < -0.3 is 5.32 Å². The third-order valence-corrected chi connectivity index (χ3v) is 6.77. The molecule has 0 spiro atoms. The van der Waals surface area contributed by atoms with Gasteiger partial charge in [-0.15, -0.1) is 0 Å². The first kappa shape index (κ1) is 15.4. The second-order valence-corrected chi connectivity index (χ2v) is 8.97. The molecule has 1 aromatic carbocycles. The van der Waals surface area contributed by atoms with E-state index >= 15 is 0 Å². The maximum absolute atomic E-state index is 12.4. The average Bonchev–Trinajstić information content (AvgIpc) is 2.39. The Labute approximate surface area is 119 Å². The van der Waals surface area contributed by atoms with Crippen molar-refractivity contribution in [2.45, 2.75) is 11.4 Å². The fraction of sp³-hybridized carbons (Fsp3) is 0.500. The smallest absolute Gasteiger partial charge is 0.243 e. The van der Waals surface area contributed by atoms with Gasteiger partial charge in [0.05, 0.1) is 16.4 Å². The van der Waals surface area contributed by atoms with Gasteiger partial charge in [0.1, 0.15) is 0 Å². The zero-order chi connectivity index (χ0) is 14.8. The molecule has 1 fully saturated rings. The first-order valence-corrected chi connectivity index (χ1v) is 9.55. The topological polar surface area (TPSA) is 83.6 Å². The van der Waals surface area contributed by atoms with E-state index in [4.69, 9.17) is 0 Å². The predicted octanol–water partition coefficient (Wildman–Crippen LogP) is -0.175. The SMILES string of the molecule is CNCc1ccc(S(=O)(=O)N2CCS(=O)(=O)CC2)cc1. The lowest BCUT2D eigenvalue weighted by Crippen LogP contribution is -2.43. The second kappa shape index (κ2) is 5.80. The van der Waals surface area contributed by atoms with Crippen molar-refractivity contribution in [2.75, 3.05) is 31.6 Å². The first-order chi connectivity index (χ1) is 9.35. The molecule has 1 N–H and O–H groups in total. The van der Waals surface area contributed by atoms with Crippen LogP contribution in [0.15, 0.2) is 29.2 Å². The maximum atomic E-state index is 12.4. The standard InChI is InChI=1S/C12H18N2O4S2/c1-13-10-11-2-4-12(5-3-11)20(17,18)14-6-8-19(15,16)9-7-14/h2-5,13H,6-10H2,1H3. The van der Waals surface area contributed by atoms with Crippen molar-refractivity contribution < 1.29 is 16.8 Å². The molecule has 0 bridgehead atoms. The Bertz CT molecular complexity index is 652. The highest BCUT2D eigenvalue weighted by molar-refractivity contribution is 7.92. The van der Waals surface area contributed by atoms with Crippen LogP contribution in [0, 0.1) is 0 Å². The van der Waals surface area contributed by atoms with Crippen LogP contribution in [0.25, 0.3) is 0 Å². The molecular weight excluding hydrogens is 300 g/mol. The molecule has 0 amide bonds. The Morgan fingerprint density at radius 1 is 1.15 bits per heavy atom. The summed E-state index contributed by atoms with van der Waals surface area (Å²) in [5.41, 5.74) is 0.993. The summed E-state index contributed by atoms with van der Waals surface area (Å²) >= 11 is 0. The minimum Gasteiger partial charge on any atom is -0.316 e. The third-order valence-electron chi connectivity index (χ3n) is 3.25. The maximum Gasteiger partial charge on any atom is 0.243 e. The third kappa shape index (κ3) is 3.38. The monoisotopic (exact) mass is 318 g/mol. The van der Waals surface area contributed by atoms with E-state index in [0.29, 0.717) is 6.54 Å². The van der Waals surface area contributed by atoms with Crippen LogP contribution in [0.1, 0.15) is 5.56 Å². The lowest BCUT2D eigenvalue weighted by molar-refractivity contribution is 0.431. The van der Waals surface area contributed by atoms with Gasteiger partial charge in [-0.05, 0) is 24.7 Å². The summed E-state index contributed by atoms with van der Waals surface area (Å²) in [6, 6.07) is 6.63. The summed E-state index contributed by atoms with van der Waals surface area (Å²) in [5, 5.41) is 2.99. The fourth-order valence-electron chi connectivity index (χ4n) is 2.07. The van der Waals surface area contributed by atoms with Crippen molar-refractivity contribution in [3.05, 3.63) is 29.8 Å². The molecule has 0 aromatic heterocycles. The van der Waals surface area contributed by atoms with Crippen molar-refractivity contribution in [3.8, 4) is 0 Å². The first-order valence-electron chi connectivity index (χ1n) is 6.29. The number of hydrogen-bond acceptors (Lipinski definition) is 5. The largest absolute Gasteiger partial charge is 0.316 e. The number of sulfone groups is 1. The van der Waals surface area contributed by atoms with Crippen LogP contribution in [-0.4, -0.2) is 52.8 Å². The van der Waals surface area contributed by atoms with E-state index < -0.39 is 19.9 Å². The van der Waals surface area contributed by atoms with Gasteiger partial charge in [0.2, 0.25) is 10.0 Å². The van der Waals surface area contributed by atoms with Gasteiger partial charge in [-0.1, -0.05) is 12.1 Å². The summed E-state index contributed by atoms with van der Waals surface area (Å²) in [7, 11) is -4.86. The van der Waals surface area contributed by atoms with Gasteiger partial charge in [-0.25, -0.2) is 16.8 Å². The molecule has 1 heterocycles. The molecule has 0 unspecified atom stereocenters. The quantitative estimate of drug-likeness (QED) is 0.833. The van der Waals surface area contributed by atoms with Crippen LogP contribution >= 0.6 is 0 Å². The molecule has 0 atom stereocenters. The van der Waals surface area contributed by atoms with Gasteiger partial charge in [0.25, 0.3) is 0 Å². The van der Waals surface area contributed by atoms with E-state index in [1.54, 1.807) is 24.3 Å². The predicted molar refractivity (Wildman–Crippen MR) is 76.6 cm³/mol. The molecule has 0 aliphatic carbocycles. The molecule has 6 nitrogen and oxygen atoms in total. The highest BCUT2D eigenvalue weighted by Gasteiger charge is 2.30. The van der Waals surface area contributed by atoms with Gasteiger partial charge >= 0.3 is 0 Å². The summed E-state index contributed by atoms with van der Waals surface area (Å²) in [6.07, 6.45) is 0. The van der Waals surface area contributed by atoms with E-state index in [-0.39, 0.29) is 29.5 Å². The van der Waals surface area contributed by atoms with Crippen LogP contribution in [0.2, 0.25) is 0 Å². The van der Waals surface area contributed by atoms with Gasteiger partial charge in [0, 0.05) is 19.6 Å². The van der Waals surface area contributed by atoms with Crippen LogP contribution in [0.4, 0.5) is 0 Å². The van der Waals surface area contributed by atoms with E-state index in [1.807, 2.05) is 7.05 Å². The minimum absolute atomic E-state index is 0.0307. The highest BCUT2D eigenvalue weighted by Crippen LogP contribution is 2.18. The Kier molecular flexibility index (Phi) is 4.48. The van der Waals surface area contributed by atoms with Gasteiger partial charge in [-0.2, -0.15) is 4.31 Å². The Morgan fingerprint density at radius 2 is 1.70 bits per heavy atom. The van der Waals surface area contributed by atoms with Crippen molar-refractivity contribution in [1.29, 1.82) is 0 Å². The van der Waals surface area contributed by atoms with Gasteiger partial charge in [0.15, 0.2) is 9.84 Å². The summed E-state index contributed by atoms with van der Waals surface area (Å²) in [5.74, 6) is -0.214. The number of rotatable bonds is 4. The zero-order valence-electron chi connectivity index (χ0n) is 11.2. The molecule has 1 aliphatic rings. The Hall–Kier alpha value is -0.960. The number of benzene rings is 1. The van der Waals surface area contributed by atoms with Crippen LogP contribution in [-0.2, 0) is 26.4 Å². The van der Waals surface area contributed by atoms with Gasteiger partial charge in [-0.3, -0.25) is 0 Å². The fourth-order valence-corrected chi connectivity index (χ4v) is 4.94. The summed E-state index contributed by atoms with van der Waals surface area (Å²) in [4.78, 5) is 0.205. The molecule has 1 aliphatic heterocycles. The molecule has 2 rings (SSSR count). The minimum atomic E-state index is -3.60. The molecule has 1 aromatic rings. The van der Waals surface area contributed by atoms with Crippen LogP contribution in [0.3, 0.4) is 0 Å². The van der Waals surface area contributed by atoms with Crippen molar-refractivity contribution in [2.24, 2.45) is 0 Å². The molecule has 8 heteroatoms. The Balaban J connectivity index is 2.18. The Morgan fingerprint density at radius 3 is 2.20 bits per heavy atom. The van der Waals surface area contributed by atoms with E-state index in [9.17, 15) is 16.8 Å². The number of nitrogens with one attached hydrogen (secondary N) is 1. The second-order valence-electron chi connectivity index (χ2n) is 4.73. The summed E-state index contributed by atoms with van der Waals surface area (Å²) < 4.78 is 48.7. The number of nitrogens with zero attached hydrogens (tertiary/aromatic N) is 1. The van der Waals surface area contributed by atoms with Crippen molar-refractivity contribution in [1.82, 2.24) is 9.62 Å². The average molecular weight is 318 g/mol. The molecule has 0 saturated carbocycles.